The van der Waals surface area contributed by atoms with Crippen LogP contribution in [-0.4, -0.2) is 13.4 Å². The Kier molecular flexibility index (Phi) is 3.19. The van der Waals surface area contributed by atoms with Gasteiger partial charge in [-0.15, -0.1) is 0 Å². The van der Waals surface area contributed by atoms with Crippen LogP contribution >= 0.6 is 0 Å². The van der Waals surface area contributed by atoms with Gasteiger partial charge in [0.25, 0.3) is 0 Å². The minimum absolute atomic E-state index is 0.142. The zero-order chi connectivity index (χ0) is 12.3. The summed E-state index contributed by atoms with van der Waals surface area (Å²) in [4.78, 5) is 3.98. The van der Waals surface area contributed by atoms with Crippen LogP contribution in [0.5, 0.6) is 0 Å². The summed E-state index contributed by atoms with van der Waals surface area (Å²) in [5.74, 6) is -0.521. The van der Waals surface area contributed by atoms with E-state index in [0.29, 0.717) is 5.56 Å². The van der Waals surface area contributed by atoms with Crippen molar-refractivity contribution in [1.82, 2.24) is 4.98 Å². The SMILES string of the molecule is O=S(=O)(Cc1ccc(F)cc1)c1ccncc1. The summed E-state index contributed by atoms with van der Waals surface area (Å²) in [6.45, 7) is 0. The zero-order valence-electron chi connectivity index (χ0n) is 8.88. The summed E-state index contributed by atoms with van der Waals surface area (Å²) < 4.78 is 36.6. The number of hydrogen-bond acceptors (Lipinski definition) is 3. The number of nitrogens with zero attached hydrogens (tertiary/aromatic N) is 1. The highest BCUT2D eigenvalue weighted by molar-refractivity contribution is 7.90. The van der Waals surface area contributed by atoms with Gasteiger partial charge in [-0.3, -0.25) is 4.98 Å². The van der Waals surface area contributed by atoms with Gasteiger partial charge < -0.3 is 0 Å². The number of rotatable bonds is 3. The molecule has 17 heavy (non-hydrogen) atoms. The number of benzene rings is 1. The lowest BCUT2D eigenvalue weighted by Gasteiger charge is -2.04. The van der Waals surface area contributed by atoms with Crippen LogP contribution in [0.1, 0.15) is 5.56 Å². The van der Waals surface area contributed by atoms with E-state index in [-0.39, 0.29) is 16.5 Å². The molecule has 0 unspecified atom stereocenters. The minimum Gasteiger partial charge on any atom is -0.265 e. The van der Waals surface area contributed by atoms with E-state index >= 15 is 0 Å². The van der Waals surface area contributed by atoms with Gasteiger partial charge >= 0.3 is 0 Å². The summed E-state index contributed by atoms with van der Waals surface area (Å²) in [7, 11) is -3.39. The Labute approximate surface area is 98.9 Å². The van der Waals surface area contributed by atoms with Crippen molar-refractivity contribution in [3.8, 4) is 0 Å². The van der Waals surface area contributed by atoms with Crippen molar-refractivity contribution in [2.24, 2.45) is 0 Å². The molecule has 0 saturated carbocycles. The fraction of sp³-hybridized carbons (Fsp3) is 0.0833. The average molecular weight is 251 g/mol. The van der Waals surface area contributed by atoms with Gasteiger partial charge in [-0.2, -0.15) is 0 Å². The fourth-order valence-electron chi connectivity index (χ4n) is 1.43. The quantitative estimate of drug-likeness (QED) is 0.840. The van der Waals surface area contributed by atoms with E-state index in [1.165, 1.54) is 48.8 Å². The van der Waals surface area contributed by atoms with Crippen molar-refractivity contribution in [2.45, 2.75) is 10.6 Å². The molecule has 1 aromatic heterocycles. The van der Waals surface area contributed by atoms with Crippen LogP contribution in [0.15, 0.2) is 53.7 Å². The molecule has 0 aliphatic heterocycles. The molecule has 0 aliphatic rings. The lowest BCUT2D eigenvalue weighted by molar-refractivity contribution is 0.594. The van der Waals surface area contributed by atoms with Crippen LogP contribution in [0.4, 0.5) is 4.39 Å². The van der Waals surface area contributed by atoms with Crippen molar-refractivity contribution in [3.05, 3.63) is 60.2 Å². The zero-order valence-corrected chi connectivity index (χ0v) is 9.69. The van der Waals surface area contributed by atoms with Crippen LogP contribution in [0, 0.1) is 5.82 Å². The minimum atomic E-state index is -3.39. The van der Waals surface area contributed by atoms with Crippen molar-refractivity contribution >= 4 is 9.84 Å². The van der Waals surface area contributed by atoms with Crippen LogP contribution in [0.2, 0.25) is 0 Å². The highest BCUT2D eigenvalue weighted by atomic mass is 32.2. The molecule has 88 valence electrons. The molecule has 0 aliphatic carbocycles. The Morgan fingerprint density at radius 2 is 1.59 bits per heavy atom. The van der Waals surface area contributed by atoms with Crippen LogP contribution in [0.25, 0.3) is 0 Å². The lowest BCUT2D eigenvalue weighted by atomic mass is 10.2. The maximum absolute atomic E-state index is 12.7. The van der Waals surface area contributed by atoms with Crippen LogP contribution < -0.4 is 0 Å². The molecule has 5 heteroatoms. The van der Waals surface area contributed by atoms with Crippen molar-refractivity contribution in [3.63, 3.8) is 0 Å². The monoisotopic (exact) mass is 251 g/mol. The van der Waals surface area contributed by atoms with Crippen molar-refractivity contribution in [1.29, 1.82) is 0 Å². The fourth-order valence-corrected chi connectivity index (χ4v) is 2.76. The van der Waals surface area contributed by atoms with Gasteiger partial charge in [-0.05, 0) is 29.8 Å². The molecule has 0 saturated heterocycles. The maximum Gasteiger partial charge on any atom is 0.182 e. The summed E-state index contributed by atoms with van der Waals surface area (Å²) >= 11 is 0. The Bertz CT molecular complexity index is 594. The van der Waals surface area contributed by atoms with Gasteiger partial charge in [0.1, 0.15) is 5.82 Å². The first kappa shape index (κ1) is 11.7. The Morgan fingerprint density at radius 3 is 2.18 bits per heavy atom. The summed E-state index contributed by atoms with van der Waals surface area (Å²) in [6.07, 6.45) is 2.86. The molecule has 0 fully saturated rings. The Morgan fingerprint density at radius 1 is 1.00 bits per heavy atom. The van der Waals surface area contributed by atoms with Gasteiger partial charge in [0.05, 0.1) is 10.6 Å². The number of hydrogen-bond donors (Lipinski definition) is 0. The molecule has 0 atom stereocenters. The van der Waals surface area contributed by atoms with Gasteiger partial charge in [0, 0.05) is 12.4 Å². The van der Waals surface area contributed by atoms with E-state index in [9.17, 15) is 12.8 Å². The van der Waals surface area contributed by atoms with E-state index in [0.717, 1.165) is 0 Å². The molecule has 0 bridgehead atoms. The van der Waals surface area contributed by atoms with E-state index < -0.39 is 9.84 Å². The van der Waals surface area contributed by atoms with Gasteiger partial charge in [-0.1, -0.05) is 12.1 Å². The van der Waals surface area contributed by atoms with Crippen molar-refractivity contribution < 1.29 is 12.8 Å². The van der Waals surface area contributed by atoms with Gasteiger partial charge in [0.15, 0.2) is 9.84 Å². The number of sulfone groups is 1. The second-order valence-corrected chi connectivity index (χ2v) is 5.56. The first-order chi connectivity index (χ1) is 8.08. The first-order valence-electron chi connectivity index (χ1n) is 4.95. The average Bonchev–Trinajstić information content (AvgIpc) is 2.33. The maximum atomic E-state index is 12.7. The predicted molar refractivity (Wildman–Crippen MR) is 61.5 cm³/mol. The normalized spacial score (nSPS) is 11.4. The summed E-state index contributed by atoms with van der Waals surface area (Å²) in [5, 5.41) is 0. The number of pyridine rings is 1. The third-order valence-electron chi connectivity index (χ3n) is 2.28. The third kappa shape index (κ3) is 2.88. The standard InChI is InChI=1S/C12H10FNO2S/c13-11-3-1-10(2-4-11)9-17(15,16)12-5-7-14-8-6-12/h1-8H,9H2. The molecule has 1 heterocycles. The Hall–Kier alpha value is -1.75. The Balaban J connectivity index is 2.27. The predicted octanol–water partition coefficient (Wildman–Crippen LogP) is 2.19. The molecule has 0 spiro atoms. The third-order valence-corrected chi connectivity index (χ3v) is 3.98. The first-order valence-corrected chi connectivity index (χ1v) is 6.60. The highest BCUT2D eigenvalue weighted by Gasteiger charge is 2.14. The van der Waals surface area contributed by atoms with E-state index in [4.69, 9.17) is 0 Å². The lowest BCUT2D eigenvalue weighted by Crippen LogP contribution is -2.04. The molecular weight excluding hydrogens is 241 g/mol. The summed E-state index contributed by atoms with van der Waals surface area (Å²) in [6, 6.07) is 8.31. The van der Waals surface area contributed by atoms with Crippen molar-refractivity contribution in [2.75, 3.05) is 0 Å². The topological polar surface area (TPSA) is 47.0 Å². The molecule has 3 nitrogen and oxygen atoms in total. The second kappa shape index (κ2) is 4.63. The smallest absolute Gasteiger partial charge is 0.182 e. The molecular formula is C12H10FNO2S. The largest absolute Gasteiger partial charge is 0.265 e. The number of halogens is 1. The molecule has 2 aromatic rings. The number of aromatic nitrogens is 1. The van der Waals surface area contributed by atoms with E-state index in [1.807, 2.05) is 0 Å². The second-order valence-electron chi connectivity index (χ2n) is 3.57. The van der Waals surface area contributed by atoms with E-state index in [1.54, 1.807) is 0 Å². The van der Waals surface area contributed by atoms with Crippen LogP contribution in [0.3, 0.4) is 0 Å². The molecule has 1 aromatic carbocycles. The van der Waals surface area contributed by atoms with E-state index in [2.05, 4.69) is 4.98 Å². The molecule has 0 amide bonds. The summed E-state index contributed by atoms with van der Waals surface area (Å²) in [5.41, 5.74) is 0.559. The molecule has 0 radical (unpaired) electrons. The molecule has 2 rings (SSSR count). The molecule has 0 N–H and O–H groups in total. The highest BCUT2D eigenvalue weighted by Crippen LogP contribution is 2.15. The van der Waals surface area contributed by atoms with Gasteiger partial charge in [-0.25, -0.2) is 12.8 Å². The van der Waals surface area contributed by atoms with Gasteiger partial charge in [0.2, 0.25) is 0 Å². The van der Waals surface area contributed by atoms with Crippen LogP contribution in [-0.2, 0) is 15.6 Å².